The minimum absolute atomic E-state index is 0.100. The maximum Gasteiger partial charge on any atom is 0.416 e. The van der Waals surface area contributed by atoms with E-state index in [-0.39, 0.29) is 11.2 Å². The quantitative estimate of drug-likeness (QED) is 0.559. The van der Waals surface area contributed by atoms with Crippen LogP contribution in [0.25, 0.3) is 0 Å². The summed E-state index contributed by atoms with van der Waals surface area (Å²) in [6, 6.07) is 12.0. The van der Waals surface area contributed by atoms with Crippen LogP contribution in [0.5, 0.6) is 0 Å². The Morgan fingerprint density at radius 3 is 2.21 bits per heavy atom. The lowest BCUT2D eigenvalue weighted by molar-refractivity contribution is -0.137. The molecule has 0 radical (unpaired) electrons. The van der Waals surface area contributed by atoms with Crippen molar-refractivity contribution in [2.45, 2.75) is 52.6 Å². The van der Waals surface area contributed by atoms with Crippen molar-refractivity contribution in [3.05, 3.63) is 87.8 Å². The smallest absolute Gasteiger partial charge is 0.362 e. The van der Waals surface area contributed by atoms with Gasteiger partial charge in [0.15, 0.2) is 5.78 Å². The van der Waals surface area contributed by atoms with Gasteiger partial charge in [-0.2, -0.15) is 13.2 Å². The van der Waals surface area contributed by atoms with Gasteiger partial charge in [0, 0.05) is 40.6 Å². The van der Waals surface area contributed by atoms with Crippen LogP contribution in [0.4, 0.5) is 18.9 Å². The minimum atomic E-state index is -4.47. The second-order valence-corrected chi connectivity index (χ2v) is 9.87. The van der Waals surface area contributed by atoms with Gasteiger partial charge in [0.1, 0.15) is 0 Å². The predicted molar refractivity (Wildman–Crippen MR) is 125 cm³/mol. The number of hydrogen-bond donors (Lipinski definition) is 2. The van der Waals surface area contributed by atoms with Gasteiger partial charge in [0.05, 0.1) is 5.56 Å². The van der Waals surface area contributed by atoms with E-state index < -0.39 is 23.6 Å². The Balaban J connectivity index is 1.80. The van der Waals surface area contributed by atoms with Gasteiger partial charge in [-0.05, 0) is 55.5 Å². The van der Waals surface area contributed by atoms with E-state index in [9.17, 15) is 22.8 Å². The van der Waals surface area contributed by atoms with Gasteiger partial charge < -0.3 is 10.6 Å². The van der Waals surface area contributed by atoms with Crippen LogP contribution in [0.3, 0.4) is 0 Å². The SMILES string of the molecule is CC1=C(C(=O)Nc2ccc(C)cc2)[C@@H](c2ccc(C(F)(F)F)cc2)C2=C(CC(C)(C)CC2=O)N1. The first-order valence-electron chi connectivity index (χ1n) is 11.1. The molecule has 0 fully saturated rings. The first-order valence-corrected chi connectivity index (χ1v) is 11.1. The molecule has 178 valence electrons. The number of benzene rings is 2. The summed E-state index contributed by atoms with van der Waals surface area (Å²) >= 11 is 0. The Hall–Kier alpha value is -3.35. The molecule has 0 bridgehead atoms. The summed E-state index contributed by atoms with van der Waals surface area (Å²) in [7, 11) is 0. The van der Waals surface area contributed by atoms with Gasteiger partial charge in [-0.25, -0.2) is 0 Å². The van der Waals surface area contributed by atoms with Crippen molar-refractivity contribution in [3.8, 4) is 0 Å². The van der Waals surface area contributed by atoms with Gasteiger partial charge in [0.25, 0.3) is 5.91 Å². The number of hydrogen-bond acceptors (Lipinski definition) is 3. The van der Waals surface area contributed by atoms with E-state index in [2.05, 4.69) is 10.6 Å². The van der Waals surface area contributed by atoms with Gasteiger partial charge in [-0.1, -0.05) is 43.7 Å². The number of amides is 1. The number of carbonyl (C=O) groups excluding carboxylic acids is 2. The summed E-state index contributed by atoms with van der Waals surface area (Å²) in [6.45, 7) is 7.70. The number of rotatable bonds is 3. The summed E-state index contributed by atoms with van der Waals surface area (Å²) in [5.74, 6) is -1.26. The number of carbonyl (C=O) groups is 2. The van der Waals surface area contributed by atoms with Crippen LogP contribution < -0.4 is 10.6 Å². The standard InChI is InChI=1S/C27H27F3N2O2/c1-15-5-11-19(12-6-15)32-25(34)22-16(2)31-20-13-26(3,4)14-21(33)24(20)23(22)17-7-9-18(10-8-17)27(28,29)30/h5-12,23,31H,13-14H2,1-4H3,(H,32,34)/t23-/m1/s1. The minimum Gasteiger partial charge on any atom is -0.362 e. The molecule has 4 rings (SSSR count). The fourth-order valence-electron chi connectivity index (χ4n) is 4.77. The maximum absolute atomic E-state index is 13.5. The number of dihydropyridines is 1. The van der Waals surface area contributed by atoms with E-state index in [4.69, 9.17) is 0 Å². The fraction of sp³-hybridized carbons (Fsp3) is 0.333. The molecule has 1 atom stereocenters. The predicted octanol–water partition coefficient (Wildman–Crippen LogP) is 6.26. The van der Waals surface area contributed by atoms with Crippen molar-refractivity contribution in [2.75, 3.05) is 5.32 Å². The van der Waals surface area contributed by atoms with E-state index in [1.807, 2.05) is 32.9 Å². The molecule has 2 aliphatic rings. The van der Waals surface area contributed by atoms with Crippen LogP contribution in [0.1, 0.15) is 56.2 Å². The van der Waals surface area contributed by atoms with Crippen LogP contribution in [0, 0.1) is 12.3 Å². The summed E-state index contributed by atoms with van der Waals surface area (Å²) in [5.41, 5.74) is 3.18. The van der Waals surface area contributed by atoms with E-state index >= 15 is 0 Å². The highest BCUT2D eigenvalue weighted by atomic mass is 19.4. The van der Waals surface area contributed by atoms with Crippen molar-refractivity contribution >= 4 is 17.4 Å². The first kappa shape index (κ1) is 23.8. The zero-order valence-corrected chi connectivity index (χ0v) is 19.6. The van der Waals surface area contributed by atoms with E-state index in [1.165, 1.54) is 12.1 Å². The molecule has 1 aliphatic carbocycles. The average molecular weight is 469 g/mol. The van der Waals surface area contributed by atoms with E-state index in [1.54, 1.807) is 19.1 Å². The topological polar surface area (TPSA) is 58.2 Å². The molecule has 0 unspecified atom stereocenters. The zero-order valence-electron chi connectivity index (χ0n) is 19.6. The highest BCUT2D eigenvalue weighted by molar-refractivity contribution is 6.09. The first-order chi connectivity index (χ1) is 15.9. The molecule has 2 aromatic rings. The number of alkyl halides is 3. The lowest BCUT2D eigenvalue weighted by atomic mass is 9.68. The Kier molecular flexibility index (Phi) is 5.92. The lowest BCUT2D eigenvalue weighted by Crippen LogP contribution is -2.39. The molecule has 1 amide bonds. The molecule has 0 aromatic heterocycles. The fourth-order valence-corrected chi connectivity index (χ4v) is 4.77. The number of nitrogens with one attached hydrogen (secondary N) is 2. The Morgan fingerprint density at radius 1 is 1.00 bits per heavy atom. The second kappa shape index (κ2) is 8.46. The third-order valence-electron chi connectivity index (χ3n) is 6.37. The number of anilines is 1. The second-order valence-electron chi connectivity index (χ2n) is 9.87. The number of allylic oxidation sites excluding steroid dienone is 3. The number of halogens is 3. The van der Waals surface area contributed by atoms with Crippen LogP contribution in [0.15, 0.2) is 71.1 Å². The number of Topliss-reactive ketones (excluding diaryl/α,β-unsaturated/α-hetero) is 1. The summed E-state index contributed by atoms with van der Waals surface area (Å²) in [6.07, 6.45) is -3.56. The molecule has 0 saturated carbocycles. The number of ketones is 1. The Bertz CT molecular complexity index is 1200. The van der Waals surface area contributed by atoms with Crippen molar-refractivity contribution < 1.29 is 22.8 Å². The third-order valence-corrected chi connectivity index (χ3v) is 6.37. The van der Waals surface area contributed by atoms with E-state index in [0.29, 0.717) is 40.9 Å². The molecular weight excluding hydrogens is 441 g/mol. The van der Waals surface area contributed by atoms with Crippen molar-refractivity contribution in [3.63, 3.8) is 0 Å². The monoisotopic (exact) mass is 468 g/mol. The van der Waals surface area contributed by atoms with Gasteiger partial charge >= 0.3 is 6.18 Å². The third kappa shape index (κ3) is 4.65. The van der Waals surface area contributed by atoms with E-state index in [0.717, 1.165) is 23.4 Å². The van der Waals surface area contributed by atoms with Gasteiger partial charge in [0.2, 0.25) is 0 Å². The van der Waals surface area contributed by atoms with Crippen LogP contribution >= 0.6 is 0 Å². The molecule has 2 aromatic carbocycles. The molecule has 0 saturated heterocycles. The Morgan fingerprint density at radius 2 is 1.62 bits per heavy atom. The summed E-state index contributed by atoms with van der Waals surface area (Å²) < 4.78 is 39.5. The molecular formula is C27H27F3N2O2. The molecule has 34 heavy (non-hydrogen) atoms. The molecule has 4 nitrogen and oxygen atoms in total. The van der Waals surface area contributed by atoms with Crippen molar-refractivity contribution in [1.82, 2.24) is 5.32 Å². The average Bonchev–Trinajstić information content (AvgIpc) is 2.73. The Labute approximate surface area is 196 Å². The van der Waals surface area contributed by atoms with Crippen molar-refractivity contribution in [2.24, 2.45) is 5.41 Å². The van der Waals surface area contributed by atoms with Crippen molar-refractivity contribution in [1.29, 1.82) is 0 Å². The summed E-state index contributed by atoms with van der Waals surface area (Å²) in [4.78, 5) is 26.8. The normalized spacial score (nSPS) is 20.1. The molecule has 1 heterocycles. The molecule has 1 aliphatic heterocycles. The largest absolute Gasteiger partial charge is 0.416 e. The lowest BCUT2D eigenvalue weighted by Gasteiger charge is -2.39. The highest BCUT2D eigenvalue weighted by Crippen LogP contribution is 2.47. The summed E-state index contributed by atoms with van der Waals surface area (Å²) in [5, 5.41) is 6.14. The molecule has 0 spiro atoms. The molecule has 2 N–H and O–H groups in total. The van der Waals surface area contributed by atoms with Crippen LogP contribution in [0.2, 0.25) is 0 Å². The van der Waals surface area contributed by atoms with Crippen LogP contribution in [-0.4, -0.2) is 11.7 Å². The van der Waals surface area contributed by atoms with Gasteiger partial charge in [-0.3, -0.25) is 9.59 Å². The number of aryl methyl sites for hydroxylation is 1. The zero-order chi connectivity index (χ0) is 24.8. The highest BCUT2D eigenvalue weighted by Gasteiger charge is 2.43. The maximum atomic E-state index is 13.5. The van der Waals surface area contributed by atoms with Crippen LogP contribution in [-0.2, 0) is 15.8 Å². The molecule has 7 heteroatoms. The van der Waals surface area contributed by atoms with Gasteiger partial charge in [-0.15, -0.1) is 0 Å².